The Labute approximate surface area is 143 Å². The fourth-order valence-electron chi connectivity index (χ4n) is 3.02. The number of ether oxygens (including phenoxy) is 2. The van der Waals surface area contributed by atoms with Crippen LogP contribution in [0.25, 0.3) is 10.9 Å². The van der Waals surface area contributed by atoms with Gasteiger partial charge in [0.15, 0.2) is 5.82 Å². The fourth-order valence-corrected chi connectivity index (χ4v) is 3.02. The smallest absolute Gasteiger partial charge is 0.271 e. The summed E-state index contributed by atoms with van der Waals surface area (Å²) in [5.41, 5.74) is 1.37. The van der Waals surface area contributed by atoms with Crippen molar-refractivity contribution in [2.75, 3.05) is 26.4 Å². The molecule has 1 N–H and O–H groups in total. The number of rotatable bonds is 4. The van der Waals surface area contributed by atoms with E-state index in [4.69, 9.17) is 14.0 Å². The molecule has 25 heavy (non-hydrogen) atoms. The SMILES string of the molecule is CCOc1ccc2cc(C(=O)N3CCOCC3c3ncon3)[nH]c2c1. The molecule has 0 saturated carbocycles. The number of fused-ring (bicyclic) bond motifs is 1. The van der Waals surface area contributed by atoms with Crippen LogP contribution in [0.5, 0.6) is 5.75 Å². The molecule has 8 heteroatoms. The molecule has 2 aromatic heterocycles. The van der Waals surface area contributed by atoms with Crippen LogP contribution >= 0.6 is 0 Å². The molecule has 1 amide bonds. The van der Waals surface area contributed by atoms with Crippen molar-refractivity contribution in [2.24, 2.45) is 0 Å². The van der Waals surface area contributed by atoms with Crippen LogP contribution in [0.4, 0.5) is 0 Å². The van der Waals surface area contributed by atoms with Gasteiger partial charge in [-0.3, -0.25) is 4.79 Å². The summed E-state index contributed by atoms with van der Waals surface area (Å²) in [6.07, 6.45) is 1.25. The second-order valence-electron chi connectivity index (χ2n) is 5.74. The van der Waals surface area contributed by atoms with E-state index in [2.05, 4.69) is 15.1 Å². The number of nitrogens with one attached hydrogen (secondary N) is 1. The largest absolute Gasteiger partial charge is 0.494 e. The molecule has 8 nitrogen and oxygen atoms in total. The number of nitrogens with zero attached hydrogens (tertiary/aromatic N) is 3. The van der Waals surface area contributed by atoms with E-state index in [-0.39, 0.29) is 11.9 Å². The lowest BCUT2D eigenvalue weighted by Gasteiger charge is -2.33. The van der Waals surface area contributed by atoms with Crippen molar-refractivity contribution in [3.8, 4) is 5.75 Å². The molecule has 1 saturated heterocycles. The van der Waals surface area contributed by atoms with E-state index in [1.165, 1.54) is 6.39 Å². The number of amides is 1. The van der Waals surface area contributed by atoms with Crippen molar-refractivity contribution in [1.29, 1.82) is 0 Å². The van der Waals surface area contributed by atoms with Gasteiger partial charge >= 0.3 is 0 Å². The highest BCUT2D eigenvalue weighted by atomic mass is 16.5. The summed E-state index contributed by atoms with van der Waals surface area (Å²) in [4.78, 5) is 22.0. The standard InChI is InChI=1S/C17H18N4O4/c1-2-24-12-4-3-11-7-14(19-13(11)8-12)17(22)21-5-6-23-9-15(21)16-18-10-25-20-16/h3-4,7-8,10,15,19H,2,5-6,9H2,1H3. The topological polar surface area (TPSA) is 93.5 Å². The van der Waals surface area contributed by atoms with Gasteiger partial charge in [-0.1, -0.05) is 5.16 Å². The molecule has 1 atom stereocenters. The van der Waals surface area contributed by atoms with Crippen LogP contribution in [0.3, 0.4) is 0 Å². The highest BCUT2D eigenvalue weighted by molar-refractivity contribution is 5.98. The monoisotopic (exact) mass is 342 g/mol. The summed E-state index contributed by atoms with van der Waals surface area (Å²) >= 11 is 0. The van der Waals surface area contributed by atoms with Crippen molar-refractivity contribution in [3.63, 3.8) is 0 Å². The first kappa shape index (κ1) is 15.6. The van der Waals surface area contributed by atoms with Crippen molar-refractivity contribution in [2.45, 2.75) is 13.0 Å². The summed E-state index contributed by atoms with van der Waals surface area (Å²) < 4.78 is 15.8. The van der Waals surface area contributed by atoms with Gasteiger partial charge < -0.3 is 23.9 Å². The lowest BCUT2D eigenvalue weighted by molar-refractivity contribution is -0.00602. The van der Waals surface area contributed by atoms with Crippen LogP contribution in [0, 0.1) is 0 Å². The second-order valence-corrected chi connectivity index (χ2v) is 5.74. The molecule has 3 heterocycles. The van der Waals surface area contributed by atoms with Crippen molar-refractivity contribution >= 4 is 16.8 Å². The van der Waals surface area contributed by atoms with Gasteiger partial charge in [-0.15, -0.1) is 0 Å². The molecule has 0 spiro atoms. The third-order valence-corrected chi connectivity index (χ3v) is 4.20. The molecular weight excluding hydrogens is 324 g/mol. The predicted octanol–water partition coefficient (Wildman–Crippen LogP) is 2.16. The number of carbonyl (C=O) groups is 1. The number of morpholine rings is 1. The van der Waals surface area contributed by atoms with Crippen LogP contribution in [-0.2, 0) is 4.74 Å². The van der Waals surface area contributed by atoms with Gasteiger partial charge in [0.25, 0.3) is 5.91 Å². The van der Waals surface area contributed by atoms with E-state index in [0.717, 1.165) is 16.7 Å². The molecule has 0 aliphatic carbocycles. The predicted molar refractivity (Wildman–Crippen MR) is 88.4 cm³/mol. The molecule has 1 fully saturated rings. The maximum atomic E-state index is 13.0. The summed E-state index contributed by atoms with van der Waals surface area (Å²) in [6.45, 7) is 3.83. The Balaban J connectivity index is 1.63. The number of H-pyrrole nitrogens is 1. The van der Waals surface area contributed by atoms with Gasteiger partial charge in [0.1, 0.15) is 17.5 Å². The molecule has 3 aromatic rings. The molecule has 1 aliphatic heterocycles. The third-order valence-electron chi connectivity index (χ3n) is 4.20. The number of carbonyl (C=O) groups excluding carboxylic acids is 1. The van der Waals surface area contributed by atoms with E-state index in [1.807, 2.05) is 31.2 Å². The minimum absolute atomic E-state index is 0.118. The zero-order valence-electron chi connectivity index (χ0n) is 13.8. The van der Waals surface area contributed by atoms with Crippen LogP contribution in [-0.4, -0.2) is 52.3 Å². The second kappa shape index (κ2) is 6.56. The van der Waals surface area contributed by atoms with E-state index in [1.54, 1.807) is 4.90 Å². The maximum Gasteiger partial charge on any atom is 0.271 e. The Kier molecular flexibility index (Phi) is 4.10. The summed E-state index contributed by atoms with van der Waals surface area (Å²) in [7, 11) is 0. The van der Waals surface area contributed by atoms with Gasteiger partial charge in [0.2, 0.25) is 6.39 Å². The molecule has 1 aliphatic rings. The average molecular weight is 342 g/mol. The Morgan fingerprint density at radius 1 is 1.44 bits per heavy atom. The normalized spacial score (nSPS) is 17.8. The van der Waals surface area contributed by atoms with Gasteiger partial charge in [-0.05, 0) is 25.1 Å². The number of aromatic amines is 1. The van der Waals surface area contributed by atoms with Crippen LogP contribution in [0.15, 0.2) is 35.2 Å². The Bertz CT molecular complexity index is 874. The van der Waals surface area contributed by atoms with Crippen molar-refractivity contribution in [3.05, 3.63) is 42.2 Å². The maximum absolute atomic E-state index is 13.0. The number of aromatic nitrogens is 3. The average Bonchev–Trinajstić information content (AvgIpc) is 3.31. The Hall–Kier alpha value is -2.87. The highest BCUT2D eigenvalue weighted by Gasteiger charge is 2.32. The number of hydrogen-bond donors (Lipinski definition) is 1. The molecule has 1 unspecified atom stereocenters. The fraction of sp³-hybridized carbons (Fsp3) is 0.353. The first-order valence-electron chi connectivity index (χ1n) is 8.17. The molecule has 0 bridgehead atoms. The van der Waals surface area contributed by atoms with Gasteiger partial charge in [0, 0.05) is 23.5 Å². The third kappa shape index (κ3) is 2.96. The zero-order valence-corrected chi connectivity index (χ0v) is 13.8. The van der Waals surface area contributed by atoms with Gasteiger partial charge in [0.05, 0.1) is 19.8 Å². The van der Waals surface area contributed by atoms with Crippen LogP contribution in [0.2, 0.25) is 0 Å². The van der Waals surface area contributed by atoms with E-state index < -0.39 is 0 Å². The summed E-state index contributed by atoms with van der Waals surface area (Å²) in [5, 5.41) is 4.81. The lowest BCUT2D eigenvalue weighted by atomic mass is 10.2. The molecule has 0 radical (unpaired) electrons. The zero-order chi connectivity index (χ0) is 17.2. The quantitative estimate of drug-likeness (QED) is 0.781. The Morgan fingerprint density at radius 2 is 2.36 bits per heavy atom. The van der Waals surface area contributed by atoms with Crippen LogP contribution < -0.4 is 4.74 Å². The Morgan fingerprint density at radius 3 is 3.16 bits per heavy atom. The molecule has 4 rings (SSSR count). The minimum atomic E-state index is -0.356. The molecular formula is C17H18N4O4. The lowest BCUT2D eigenvalue weighted by Crippen LogP contribution is -2.44. The first-order chi connectivity index (χ1) is 12.3. The molecule has 1 aromatic carbocycles. The first-order valence-corrected chi connectivity index (χ1v) is 8.17. The number of benzene rings is 1. The molecule has 130 valence electrons. The van der Waals surface area contributed by atoms with Crippen molar-refractivity contribution < 1.29 is 18.8 Å². The van der Waals surface area contributed by atoms with E-state index in [9.17, 15) is 4.79 Å². The van der Waals surface area contributed by atoms with Crippen molar-refractivity contribution in [1.82, 2.24) is 20.0 Å². The van der Waals surface area contributed by atoms with Gasteiger partial charge in [-0.25, -0.2) is 0 Å². The van der Waals surface area contributed by atoms with E-state index >= 15 is 0 Å². The van der Waals surface area contributed by atoms with E-state index in [0.29, 0.717) is 37.9 Å². The number of hydrogen-bond acceptors (Lipinski definition) is 6. The summed E-state index contributed by atoms with van der Waals surface area (Å²) in [6, 6.07) is 7.21. The minimum Gasteiger partial charge on any atom is -0.494 e. The summed E-state index contributed by atoms with van der Waals surface area (Å²) in [5.74, 6) is 1.10. The van der Waals surface area contributed by atoms with Crippen LogP contribution in [0.1, 0.15) is 29.3 Å². The highest BCUT2D eigenvalue weighted by Crippen LogP contribution is 2.26. The van der Waals surface area contributed by atoms with Gasteiger partial charge in [-0.2, -0.15) is 4.98 Å².